The minimum Gasteiger partial charge on any atom is -0.309 e. The fourth-order valence-electron chi connectivity index (χ4n) is 9.06. The number of hydrogen-bond donors (Lipinski definition) is 0. The van der Waals surface area contributed by atoms with Gasteiger partial charge in [0.25, 0.3) is 0 Å². The molecule has 0 saturated carbocycles. The van der Waals surface area contributed by atoms with E-state index in [0.717, 1.165) is 50.2 Å². The zero-order valence-corrected chi connectivity index (χ0v) is 29.5. The summed E-state index contributed by atoms with van der Waals surface area (Å²) >= 11 is 1.86. The quantitative estimate of drug-likeness (QED) is 0.180. The normalized spacial score (nSPS) is 13.5. The van der Waals surface area contributed by atoms with Gasteiger partial charge in [0.15, 0.2) is 5.78 Å². The van der Waals surface area contributed by atoms with Crippen molar-refractivity contribution in [2.24, 2.45) is 0 Å². The molecule has 0 unspecified atom stereocenters. The molecule has 0 saturated heterocycles. The van der Waals surface area contributed by atoms with E-state index in [2.05, 4.69) is 180 Å². The Bertz CT molecular complexity index is 3020. The second-order valence-electron chi connectivity index (χ2n) is 13.9. The van der Waals surface area contributed by atoms with Crippen molar-refractivity contribution in [3.8, 4) is 16.8 Å². The Hall–Kier alpha value is -6.55. The molecule has 0 radical (unpaired) electrons. The number of carbonyl (C=O) groups excluding carboxylic acids is 1. The van der Waals surface area contributed by atoms with Crippen molar-refractivity contribution < 1.29 is 4.79 Å². The first kappa shape index (κ1) is 30.1. The fourth-order valence-corrected chi connectivity index (χ4v) is 10.2. The number of benzene rings is 8. The minimum absolute atomic E-state index is 0.0640. The standard InChI is InChI=1S/C50H31NOS/c52-49-37-17-7-10-20-41(37)50(34-13-3-1-4-14-34,35-15-5-2-6-16-35)42-28-25-33(31-40(42)49)32-23-26-36(27-24-32)51-43-21-11-8-18-38(43)47-44(51)29-30-46-48(47)39-19-9-12-22-45(39)53-46/h1-31H. The molecule has 1 aliphatic rings. The minimum atomic E-state index is -0.638. The van der Waals surface area contributed by atoms with Crippen molar-refractivity contribution in [1.29, 1.82) is 0 Å². The van der Waals surface area contributed by atoms with Gasteiger partial charge in [0.2, 0.25) is 0 Å². The van der Waals surface area contributed by atoms with Crippen molar-refractivity contribution in [3.05, 3.63) is 221 Å². The average molecular weight is 694 g/mol. The predicted octanol–water partition coefficient (Wildman–Crippen LogP) is 12.7. The van der Waals surface area contributed by atoms with Gasteiger partial charge in [0.05, 0.1) is 16.4 Å². The van der Waals surface area contributed by atoms with Gasteiger partial charge in [-0.1, -0.05) is 146 Å². The number of aromatic nitrogens is 1. The molecular formula is C50H31NOS. The predicted molar refractivity (Wildman–Crippen MR) is 221 cm³/mol. The van der Waals surface area contributed by atoms with Crippen LogP contribution in [0.2, 0.25) is 0 Å². The molecular weight excluding hydrogens is 663 g/mol. The molecule has 0 amide bonds. The Balaban J connectivity index is 1.08. The van der Waals surface area contributed by atoms with Gasteiger partial charge in [-0.15, -0.1) is 11.3 Å². The molecule has 10 aromatic rings. The highest BCUT2D eigenvalue weighted by Gasteiger charge is 2.46. The van der Waals surface area contributed by atoms with E-state index in [1.807, 2.05) is 23.5 Å². The monoisotopic (exact) mass is 693 g/mol. The largest absolute Gasteiger partial charge is 0.309 e. The van der Waals surface area contributed by atoms with Crippen LogP contribution in [0.4, 0.5) is 0 Å². The Morgan fingerprint density at radius 3 is 1.83 bits per heavy atom. The lowest BCUT2D eigenvalue weighted by Crippen LogP contribution is -2.38. The first-order valence-corrected chi connectivity index (χ1v) is 18.9. The number of thiophene rings is 1. The lowest BCUT2D eigenvalue weighted by molar-refractivity contribution is 0.103. The molecule has 0 N–H and O–H groups in total. The maximum atomic E-state index is 14.5. The molecule has 11 rings (SSSR count). The molecule has 0 fully saturated rings. The van der Waals surface area contributed by atoms with Gasteiger partial charge >= 0.3 is 0 Å². The third kappa shape index (κ3) is 4.23. The average Bonchev–Trinajstić information content (AvgIpc) is 3.78. The number of para-hydroxylation sites is 1. The molecule has 0 aliphatic heterocycles. The van der Waals surface area contributed by atoms with Crippen molar-refractivity contribution in [2.75, 3.05) is 0 Å². The van der Waals surface area contributed by atoms with Gasteiger partial charge in [-0.2, -0.15) is 0 Å². The first-order chi connectivity index (χ1) is 26.2. The smallest absolute Gasteiger partial charge is 0.193 e. The summed E-state index contributed by atoms with van der Waals surface area (Å²) in [6.45, 7) is 0. The molecule has 2 aromatic heterocycles. The Morgan fingerprint density at radius 1 is 0.434 bits per heavy atom. The lowest BCUT2D eigenvalue weighted by atomic mass is 9.59. The first-order valence-electron chi connectivity index (χ1n) is 18.1. The highest BCUT2D eigenvalue weighted by Crippen LogP contribution is 2.51. The van der Waals surface area contributed by atoms with Crippen LogP contribution in [-0.2, 0) is 5.41 Å². The molecule has 0 spiro atoms. The maximum absolute atomic E-state index is 14.5. The molecule has 8 aromatic carbocycles. The number of carbonyl (C=O) groups is 1. The summed E-state index contributed by atoms with van der Waals surface area (Å²) in [4.78, 5) is 14.5. The fraction of sp³-hybridized carbons (Fsp3) is 0.0200. The van der Waals surface area contributed by atoms with Crippen molar-refractivity contribution in [2.45, 2.75) is 5.41 Å². The van der Waals surface area contributed by atoms with E-state index in [9.17, 15) is 4.79 Å². The number of ketones is 1. The van der Waals surface area contributed by atoms with Crippen molar-refractivity contribution >= 4 is 59.1 Å². The second kappa shape index (κ2) is 11.5. The second-order valence-corrected chi connectivity index (χ2v) is 15.0. The van der Waals surface area contributed by atoms with Crippen LogP contribution >= 0.6 is 11.3 Å². The van der Waals surface area contributed by atoms with Crippen LogP contribution in [0.25, 0.3) is 58.8 Å². The van der Waals surface area contributed by atoms with Crippen LogP contribution in [0.15, 0.2) is 188 Å². The Kier molecular flexibility index (Phi) is 6.52. The molecule has 0 atom stereocenters. The number of hydrogen-bond acceptors (Lipinski definition) is 2. The summed E-state index contributed by atoms with van der Waals surface area (Å²) < 4.78 is 5.01. The molecule has 53 heavy (non-hydrogen) atoms. The van der Waals surface area contributed by atoms with Gasteiger partial charge in [0, 0.05) is 47.8 Å². The van der Waals surface area contributed by atoms with Crippen molar-refractivity contribution in [3.63, 3.8) is 0 Å². The third-order valence-corrected chi connectivity index (χ3v) is 12.4. The molecule has 2 nitrogen and oxygen atoms in total. The van der Waals surface area contributed by atoms with E-state index in [1.165, 1.54) is 42.0 Å². The molecule has 248 valence electrons. The van der Waals surface area contributed by atoms with E-state index < -0.39 is 5.41 Å². The van der Waals surface area contributed by atoms with Gasteiger partial charge in [0.1, 0.15) is 0 Å². The van der Waals surface area contributed by atoms with Crippen molar-refractivity contribution in [1.82, 2.24) is 4.57 Å². The van der Waals surface area contributed by atoms with Gasteiger partial charge in [-0.05, 0) is 75.8 Å². The molecule has 1 aliphatic carbocycles. The SMILES string of the molecule is O=C1c2ccccc2C(c2ccccc2)(c2ccccc2)c2ccc(-c3ccc(-n4c5ccccc5c5c6c(ccc54)sc4ccccc46)cc3)cc21. The Labute approximate surface area is 310 Å². The van der Waals surface area contributed by atoms with E-state index >= 15 is 0 Å². The zero-order chi connectivity index (χ0) is 35.1. The topological polar surface area (TPSA) is 22.0 Å². The van der Waals surface area contributed by atoms with Crippen LogP contribution < -0.4 is 0 Å². The summed E-state index contributed by atoms with van der Waals surface area (Å²) in [5.74, 6) is 0.0640. The van der Waals surface area contributed by atoms with E-state index in [0.29, 0.717) is 0 Å². The van der Waals surface area contributed by atoms with Crippen LogP contribution in [0, 0.1) is 0 Å². The van der Waals surface area contributed by atoms with E-state index in [4.69, 9.17) is 0 Å². The van der Waals surface area contributed by atoms with E-state index in [-0.39, 0.29) is 5.78 Å². The Morgan fingerprint density at radius 2 is 1.06 bits per heavy atom. The van der Waals surface area contributed by atoms with E-state index in [1.54, 1.807) is 0 Å². The zero-order valence-electron chi connectivity index (χ0n) is 28.7. The lowest BCUT2D eigenvalue weighted by Gasteiger charge is -2.41. The molecule has 0 bridgehead atoms. The highest BCUT2D eigenvalue weighted by atomic mass is 32.1. The van der Waals surface area contributed by atoms with Gasteiger partial charge in [-0.25, -0.2) is 0 Å². The molecule has 2 heterocycles. The van der Waals surface area contributed by atoms with Crippen LogP contribution in [0.1, 0.15) is 38.2 Å². The number of nitrogens with zero attached hydrogens (tertiary/aromatic N) is 1. The highest BCUT2D eigenvalue weighted by molar-refractivity contribution is 7.26. The van der Waals surface area contributed by atoms with Crippen LogP contribution in [-0.4, -0.2) is 10.4 Å². The summed E-state index contributed by atoms with van der Waals surface area (Å²) in [5, 5.41) is 5.20. The maximum Gasteiger partial charge on any atom is 0.193 e. The van der Waals surface area contributed by atoms with Crippen LogP contribution in [0.5, 0.6) is 0 Å². The summed E-state index contributed by atoms with van der Waals surface area (Å²) in [7, 11) is 0. The van der Waals surface area contributed by atoms with Gasteiger partial charge in [-0.3, -0.25) is 4.79 Å². The summed E-state index contributed by atoms with van der Waals surface area (Å²) in [6.07, 6.45) is 0. The summed E-state index contributed by atoms with van der Waals surface area (Å²) in [6, 6.07) is 66.7. The third-order valence-electron chi connectivity index (χ3n) is 11.3. The summed E-state index contributed by atoms with van der Waals surface area (Å²) in [5.41, 5.74) is 10.8. The van der Waals surface area contributed by atoms with Gasteiger partial charge < -0.3 is 4.57 Å². The van der Waals surface area contributed by atoms with Crippen LogP contribution in [0.3, 0.4) is 0 Å². The number of rotatable bonds is 4. The molecule has 3 heteroatoms. The number of fused-ring (bicyclic) bond motifs is 9.